The summed E-state index contributed by atoms with van der Waals surface area (Å²) in [6.07, 6.45) is 22.6. The third kappa shape index (κ3) is 10.5. The van der Waals surface area contributed by atoms with Crippen molar-refractivity contribution in [2.24, 2.45) is 0 Å². The number of rotatable bonds is 12. The van der Waals surface area contributed by atoms with Gasteiger partial charge >= 0.3 is 20.1 Å². The fraction of sp³-hybridized carbons (Fsp3) is 0.0460. The van der Waals surface area contributed by atoms with Crippen LogP contribution in [0.15, 0.2) is 316 Å². The van der Waals surface area contributed by atoms with E-state index in [0.29, 0.717) is 0 Å². The standard InChI is InChI=1S/C87H56N3O2.Ir/c1-2-22-56(23-3-1)78-53-57(81-36-14-17-47-88-81)41-44-69(78)66-27-7-4-24-63(66)60-50-61(64-25-5-8-28-67(64)70-45-42-58(82-37-15-18-48-89-82)54-79(70)76-34-20-32-74-72-30-10-12-39-84(72)91-86(74)76)52-62(51-60)65-26-6-9-29-68(65)71-46-43-59(83-38-16-19-49-90-83)55-80(71)77-35-21-33-75-73-31-11-13-40-85(73)92-87(75)77;/h1-40,44-55,72-73,84-85H;/q-3;+3. The minimum absolute atomic E-state index is 0. The van der Waals surface area contributed by atoms with Gasteiger partial charge in [0.25, 0.3) is 0 Å². The van der Waals surface area contributed by atoms with Crippen molar-refractivity contribution in [2.75, 3.05) is 0 Å². The van der Waals surface area contributed by atoms with Gasteiger partial charge in [-0.15, -0.1) is 71.3 Å². The van der Waals surface area contributed by atoms with Gasteiger partial charge in [-0.05, 0) is 105 Å². The molecule has 5 nitrogen and oxygen atoms in total. The maximum atomic E-state index is 6.96. The molecule has 17 rings (SSSR count). The Labute approximate surface area is 555 Å². The molecule has 4 unspecified atom stereocenters. The summed E-state index contributed by atoms with van der Waals surface area (Å²) in [5.41, 5.74) is 26.6. The molecule has 4 aliphatic rings. The van der Waals surface area contributed by atoms with Gasteiger partial charge in [0.1, 0.15) is 23.7 Å². The summed E-state index contributed by atoms with van der Waals surface area (Å²) in [6, 6.07) is 99.9. The van der Waals surface area contributed by atoms with Crippen molar-refractivity contribution >= 4 is 0 Å². The summed E-state index contributed by atoms with van der Waals surface area (Å²) in [6.45, 7) is 0. The maximum Gasteiger partial charge on any atom is 3.00 e. The first-order valence-corrected chi connectivity index (χ1v) is 31.3. The number of allylic oxidation sites excluding steroid dienone is 4. The second kappa shape index (κ2) is 24.6. The molecular formula is C87H56IrN3O2. The summed E-state index contributed by atoms with van der Waals surface area (Å²) < 4.78 is 13.9. The molecule has 0 bridgehead atoms. The van der Waals surface area contributed by atoms with Crippen LogP contribution < -0.4 is 9.47 Å². The number of ether oxygens (including phenoxy) is 2. The number of aromatic nitrogens is 3. The van der Waals surface area contributed by atoms with Gasteiger partial charge in [0.15, 0.2) is 0 Å². The van der Waals surface area contributed by atoms with Crippen molar-refractivity contribution in [1.82, 2.24) is 15.0 Å². The Kier molecular flexibility index (Phi) is 15.1. The van der Waals surface area contributed by atoms with Crippen molar-refractivity contribution in [3.8, 4) is 145 Å². The van der Waals surface area contributed by atoms with E-state index >= 15 is 0 Å². The first-order chi connectivity index (χ1) is 45.6. The summed E-state index contributed by atoms with van der Waals surface area (Å²) in [5.74, 6) is 2.05. The quantitative estimate of drug-likeness (QED) is 0.114. The number of nitrogens with zero attached hydrogens (tertiary/aromatic N) is 3. The van der Waals surface area contributed by atoms with Gasteiger partial charge in [0.2, 0.25) is 0 Å². The fourth-order valence-corrected chi connectivity index (χ4v) is 14.0. The predicted octanol–water partition coefficient (Wildman–Crippen LogP) is 21.2. The Bertz CT molecular complexity index is 4900. The number of hydrogen-bond donors (Lipinski definition) is 0. The van der Waals surface area contributed by atoms with Crippen LogP contribution >= 0.6 is 0 Å². The molecule has 0 fully saturated rings. The number of hydrogen-bond acceptors (Lipinski definition) is 5. The molecule has 4 atom stereocenters. The van der Waals surface area contributed by atoms with Crippen LogP contribution in [0.25, 0.3) is 134 Å². The monoisotopic (exact) mass is 1370 g/mol. The Morgan fingerprint density at radius 1 is 0.269 bits per heavy atom. The van der Waals surface area contributed by atoms with Crippen LogP contribution in [-0.2, 0) is 20.1 Å². The van der Waals surface area contributed by atoms with E-state index in [1.807, 2.05) is 61.1 Å². The minimum atomic E-state index is -0.0847. The van der Waals surface area contributed by atoms with E-state index in [2.05, 4.69) is 273 Å². The molecule has 2 aliphatic heterocycles. The van der Waals surface area contributed by atoms with Gasteiger partial charge in [-0.3, -0.25) is 0 Å². The molecule has 3 aromatic heterocycles. The van der Waals surface area contributed by atoms with Gasteiger partial charge in [0, 0.05) is 52.7 Å². The van der Waals surface area contributed by atoms with Gasteiger partial charge in [-0.1, -0.05) is 262 Å². The van der Waals surface area contributed by atoms with Gasteiger partial charge in [-0.2, -0.15) is 0 Å². The van der Waals surface area contributed by atoms with E-state index in [4.69, 9.17) is 24.4 Å². The molecule has 5 heterocycles. The normalized spacial score (nSPS) is 16.1. The third-order valence-corrected chi connectivity index (χ3v) is 18.3. The Hall–Kier alpha value is -11.1. The number of para-hydroxylation sites is 2. The number of fused-ring (bicyclic) bond motifs is 6. The second-order valence-corrected chi connectivity index (χ2v) is 23.7. The molecule has 440 valence electrons. The molecule has 0 saturated carbocycles. The zero-order chi connectivity index (χ0) is 60.9. The molecule has 0 N–H and O–H groups in total. The predicted molar refractivity (Wildman–Crippen MR) is 372 cm³/mol. The summed E-state index contributed by atoms with van der Waals surface area (Å²) in [4.78, 5) is 14.4. The van der Waals surface area contributed by atoms with Crippen LogP contribution in [0.1, 0.15) is 23.0 Å². The molecule has 0 radical (unpaired) electrons. The van der Waals surface area contributed by atoms with E-state index in [1.165, 1.54) is 11.1 Å². The van der Waals surface area contributed by atoms with E-state index in [1.54, 1.807) is 0 Å². The van der Waals surface area contributed by atoms with Gasteiger partial charge in [0.05, 0.1) is 0 Å². The number of benzene rings is 10. The molecule has 93 heavy (non-hydrogen) atoms. The molecule has 0 spiro atoms. The number of pyridine rings is 3. The second-order valence-electron chi connectivity index (χ2n) is 23.7. The van der Waals surface area contributed by atoms with Crippen LogP contribution in [0.2, 0.25) is 0 Å². The zero-order valence-corrected chi connectivity index (χ0v) is 52.7. The van der Waals surface area contributed by atoms with E-state index < -0.39 is 0 Å². The minimum Gasteiger partial charge on any atom is -0.484 e. The topological polar surface area (TPSA) is 57.1 Å². The summed E-state index contributed by atoms with van der Waals surface area (Å²) in [7, 11) is 0. The maximum absolute atomic E-state index is 6.96. The molecular weight excluding hydrogens is 1310 g/mol. The molecule has 10 aromatic carbocycles. The van der Waals surface area contributed by atoms with E-state index in [9.17, 15) is 0 Å². The first-order valence-electron chi connectivity index (χ1n) is 31.3. The Morgan fingerprint density at radius 2 is 0.613 bits per heavy atom. The van der Waals surface area contributed by atoms with Crippen LogP contribution in [0, 0.1) is 18.2 Å². The molecule has 6 heteroatoms. The first kappa shape index (κ1) is 57.0. The van der Waals surface area contributed by atoms with Crippen molar-refractivity contribution in [3.05, 3.63) is 345 Å². The van der Waals surface area contributed by atoms with Crippen LogP contribution in [-0.4, -0.2) is 27.2 Å². The molecule has 0 amide bonds. The van der Waals surface area contributed by atoms with E-state index in [0.717, 1.165) is 145 Å². The average Bonchev–Trinajstić information content (AvgIpc) is 1.75. The fourth-order valence-electron chi connectivity index (χ4n) is 14.0. The third-order valence-electron chi connectivity index (χ3n) is 18.3. The van der Waals surface area contributed by atoms with Crippen LogP contribution in [0.5, 0.6) is 11.5 Å². The van der Waals surface area contributed by atoms with Crippen molar-refractivity contribution in [2.45, 2.75) is 24.0 Å². The van der Waals surface area contributed by atoms with E-state index in [-0.39, 0.29) is 44.1 Å². The summed E-state index contributed by atoms with van der Waals surface area (Å²) >= 11 is 0. The average molecular weight is 1370 g/mol. The summed E-state index contributed by atoms with van der Waals surface area (Å²) in [5, 5.41) is 0. The Balaban J connectivity index is 0.00000686. The van der Waals surface area contributed by atoms with Crippen LogP contribution in [0.4, 0.5) is 0 Å². The Morgan fingerprint density at radius 3 is 1.01 bits per heavy atom. The van der Waals surface area contributed by atoms with Crippen molar-refractivity contribution in [1.29, 1.82) is 0 Å². The molecule has 13 aromatic rings. The van der Waals surface area contributed by atoms with Gasteiger partial charge < -0.3 is 24.4 Å². The van der Waals surface area contributed by atoms with Gasteiger partial charge in [-0.25, -0.2) is 0 Å². The SMILES string of the molecule is [Ir+3].[c-]1cc(-c2ccccc2-c2cc(-c3ccccc3-c3c[c-]c(-c4ccccn4)cc3-c3cccc4c3OC3C=CC=CC43)cc(-c3ccccc3-c3c[c-]c(-c4ccccn4)cc3-c3cccc4c3OC3C=CC=CC43)c2)c(-c2ccccc2)cc1-c1ccccn1. The van der Waals surface area contributed by atoms with Crippen LogP contribution in [0.3, 0.4) is 0 Å². The smallest absolute Gasteiger partial charge is 0.484 e. The van der Waals surface area contributed by atoms with Crippen molar-refractivity contribution < 1.29 is 29.6 Å². The zero-order valence-electron chi connectivity index (χ0n) is 50.3. The molecule has 0 saturated heterocycles. The largest absolute Gasteiger partial charge is 3.00 e. The van der Waals surface area contributed by atoms with Crippen molar-refractivity contribution in [3.63, 3.8) is 0 Å². The molecule has 2 aliphatic carbocycles.